The Kier molecular flexibility index (Phi) is 6.17. The third-order valence-electron chi connectivity index (χ3n) is 3.92. The first-order valence-corrected chi connectivity index (χ1v) is 8.01. The Bertz CT molecular complexity index is 508. The highest BCUT2D eigenvalue weighted by Crippen LogP contribution is 2.12. The average Bonchev–Trinajstić information content (AvgIpc) is 2.49. The zero-order valence-electron chi connectivity index (χ0n) is 14.3. The molecule has 22 heavy (non-hydrogen) atoms. The van der Waals surface area contributed by atoms with Crippen LogP contribution in [0.1, 0.15) is 22.3 Å². The summed E-state index contributed by atoms with van der Waals surface area (Å²) in [6.45, 7) is 8.44. The van der Waals surface area contributed by atoms with E-state index in [-0.39, 0.29) is 0 Å². The lowest BCUT2D eigenvalue weighted by Crippen LogP contribution is -2.31. The van der Waals surface area contributed by atoms with Crippen LogP contribution in [0.4, 0.5) is 0 Å². The van der Waals surface area contributed by atoms with Gasteiger partial charge in [0.2, 0.25) is 0 Å². The second-order valence-corrected chi connectivity index (χ2v) is 6.49. The Morgan fingerprint density at radius 1 is 0.636 bits per heavy atom. The van der Waals surface area contributed by atoms with Gasteiger partial charge in [0.15, 0.2) is 0 Å². The van der Waals surface area contributed by atoms with Gasteiger partial charge >= 0.3 is 0 Å². The largest absolute Gasteiger partial charge is 0.308 e. The number of hydrogen-bond donors (Lipinski definition) is 0. The van der Waals surface area contributed by atoms with Crippen LogP contribution in [-0.2, 0) is 13.1 Å². The first-order chi connectivity index (χ1) is 10.5. The molecule has 2 heteroatoms. The smallest absolute Gasteiger partial charge is 0.0237 e. The van der Waals surface area contributed by atoms with E-state index in [1.54, 1.807) is 0 Å². The quantitative estimate of drug-likeness (QED) is 0.765. The highest BCUT2D eigenvalue weighted by atomic mass is 15.2. The van der Waals surface area contributed by atoms with Crippen molar-refractivity contribution in [2.24, 2.45) is 0 Å². The third-order valence-corrected chi connectivity index (χ3v) is 3.92. The minimum Gasteiger partial charge on any atom is -0.308 e. The molecule has 0 fully saturated rings. The molecule has 0 radical (unpaired) electrons. The molecule has 2 aromatic carbocycles. The first-order valence-electron chi connectivity index (χ1n) is 8.01. The third kappa shape index (κ3) is 5.63. The lowest BCUT2D eigenvalue weighted by molar-refractivity contribution is 0.226. The Hall–Kier alpha value is -1.64. The van der Waals surface area contributed by atoms with Crippen molar-refractivity contribution in [1.82, 2.24) is 9.80 Å². The van der Waals surface area contributed by atoms with Crippen molar-refractivity contribution in [2.75, 3.05) is 27.2 Å². The fraction of sp³-hybridized carbons (Fsp3) is 0.400. The maximum Gasteiger partial charge on any atom is 0.0237 e. The van der Waals surface area contributed by atoms with Gasteiger partial charge in [-0.05, 0) is 39.1 Å². The van der Waals surface area contributed by atoms with Crippen molar-refractivity contribution in [1.29, 1.82) is 0 Å². The molecule has 0 saturated heterocycles. The van der Waals surface area contributed by atoms with Gasteiger partial charge < -0.3 is 4.90 Å². The zero-order valence-corrected chi connectivity index (χ0v) is 14.3. The Morgan fingerprint density at radius 3 is 1.41 bits per heavy atom. The predicted molar refractivity (Wildman–Crippen MR) is 95.0 cm³/mol. The standard InChI is InChI=1S/C20H28N2/c1-17-5-9-19(10-6-17)15-22(14-13-21(3)4)16-20-11-7-18(2)8-12-20/h5-12H,13-16H2,1-4H3. The number of nitrogens with zero attached hydrogens (tertiary/aromatic N) is 2. The number of aryl methyl sites for hydroxylation is 2. The first kappa shape index (κ1) is 16.7. The summed E-state index contributed by atoms with van der Waals surface area (Å²) >= 11 is 0. The van der Waals surface area contributed by atoms with E-state index >= 15 is 0 Å². The Balaban J connectivity index is 2.04. The molecular formula is C20H28N2. The van der Waals surface area contributed by atoms with Crippen LogP contribution in [0.25, 0.3) is 0 Å². The number of benzene rings is 2. The zero-order chi connectivity index (χ0) is 15.9. The molecule has 0 spiro atoms. The lowest BCUT2D eigenvalue weighted by atomic mass is 10.1. The van der Waals surface area contributed by atoms with E-state index in [2.05, 4.69) is 86.3 Å². The average molecular weight is 296 g/mol. The fourth-order valence-electron chi connectivity index (χ4n) is 2.46. The summed E-state index contributed by atoms with van der Waals surface area (Å²) in [5, 5.41) is 0. The summed E-state index contributed by atoms with van der Waals surface area (Å²) in [6.07, 6.45) is 0. The molecule has 0 bridgehead atoms. The molecule has 2 nitrogen and oxygen atoms in total. The van der Waals surface area contributed by atoms with Crippen LogP contribution in [0.2, 0.25) is 0 Å². The van der Waals surface area contributed by atoms with Gasteiger partial charge in [0, 0.05) is 26.2 Å². The SMILES string of the molecule is Cc1ccc(CN(CCN(C)C)Cc2ccc(C)cc2)cc1. The molecule has 0 aromatic heterocycles. The molecule has 0 aliphatic rings. The maximum atomic E-state index is 2.52. The van der Waals surface area contributed by atoms with Crippen molar-refractivity contribution in [3.8, 4) is 0 Å². The van der Waals surface area contributed by atoms with E-state index in [1.165, 1.54) is 22.3 Å². The van der Waals surface area contributed by atoms with Crippen LogP contribution in [0.15, 0.2) is 48.5 Å². The van der Waals surface area contributed by atoms with E-state index in [9.17, 15) is 0 Å². The Labute approximate surface area is 135 Å². The van der Waals surface area contributed by atoms with Crippen LogP contribution < -0.4 is 0 Å². The van der Waals surface area contributed by atoms with Crippen LogP contribution in [-0.4, -0.2) is 37.0 Å². The van der Waals surface area contributed by atoms with Crippen molar-refractivity contribution < 1.29 is 0 Å². The lowest BCUT2D eigenvalue weighted by Gasteiger charge is -2.24. The molecule has 118 valence electrons. The van der Waals surface area contributed by atoms with Crippen molar-refractivity contribution in [3.05, 3.63) is 70.8 Å². The fourth-order valence-corrected chi connectivity index (χ4v) is 2.46. The second kappa shape index (κ2) is 8.11. The molecule has 0 atom stereocenters. The van der Waals surface area contributed by atoms with Gasteiger partial charge in [0.1, 0.15) is 0 Å². The predicted octanol–water partition coefficient (Wildman–Crippen LogP) is 3.87. The van der Waals surface area contributed by atoms with Gasteiger partial charge in [-0.2, -0.15) is 0 Å². The van der Waals surface area contributed by atoms with Gasteiger partial charge in [-0.15, -0.1) is 0 Å². The highest BCUT2D eigenvalue weighted by Gasteiger charge is 2.08. The molecule has 0 amide bonds. The van der Waals surface area contributed by atoms with Crippen molar-refractivity contribution in [3.63, 3.8) is 0 Å². The van der Waals surface area contributed by atoms with Crippen molar-refractivity contribution in [2.45, 2.75) is 26.9 Å². The minimum atomic E-state index is 1.00. The molecule has 0 aliphatic heterocycles. The van der Waals surface area contributed by atoms with E-state index in [4.69, 9.17) is 0 Å². The summed E-state index contributed by atoms with van der Waals surface area (Å²) in [6, 6.07) is 17.8. The van der Waals surface area contributed by atoms with E-state index in [0.717, 1.165) is 26.2 Å². The molecule has 2 rings (SSSR count). The van der Waals surface area contributed by atoms with Crippen LogP contribution in [0.5, 0.6) is 0 Å². The van der Waals surface area contributed by atoms with E-state index < -0.39 is 0 Å². The monoisotopic (exact) mass is 296 g/mol. The van der Waals surface area contributed by atoms with E-state index in [0.29, 0.717) is 0 Å². The summed E-state index contributed by atoms with van der Waals surface area (Å²) in [4.78, 5) is 4.77. The van der Waals surface area contributed by atoms with Gasteiger partial charge in [-0.1, -0.05) is 59.7 Å². The minimum absolute atomic E-state index is 1.00. The van der Waals surface area contributed by atoms with Gasteiger partial charge in [0.05, 0.1) is 0 Å². The maximum absolute atomic E-state index is 2.52. The van der Waals surface area contributed by atoms with Crippen LogP contribution in [0.3, 0.4) is 0 Å². The molecule has 0 saturated carbocycles. The summed E-state index contributed by atoms with van der Waals surface area (Å²) in [7, 11) is 4.27. The number of hydrogen-bond acceptors (Lipinski definition) is 2. The van der Waals surface area contributed by atoms with Gasteiger partial charge in [-0.25, -0.2) is 0 Å². The van der Waals surface area contributed by atoms with Gasteiger partial charge in [0.25, 0.3) is 0 Å². The molecular weight excluding hydrogens is 268 g/mol. The van der Waals surface area contributed by atoms with Crippen LogP contribution in [0, 0.1) is 13.8 Å². The van der Waals surface area contributed by atoms with Crippen molar-refractivity contribution >= 4 is 0 Å². The van der Waals surface area contributed by atoms with E-state index in [1.807, 2.05) is 0 Å². The van der Waals surface area contributed by atoms with Crippen LogP contribution >= 0.6 is 0 Å². The molecule has 2 aromatic rings. The molecule has 0 heterocycles. The second-order valence-electron chi connectivity index (χ2n) is 6.49. The topological polar surface area (TPSA) is 6.48 Å². The highest BCUT2D eigenvalue weighted by molar-refractivity contribution is 5.23. The molecule has 0 unspecified atom stereocenters. The summed E-state index contributed by atoms with van der Waals surface area (Å²) in [5.41, 5.74) is 5.41. The number of rotatable bonds is 7. The van der Waals surface area contributed by atoms with Gasteiger partial charge in [-0.3, -0.25) is 4.90 Å². The summed E-state index contributed by atoms with van der Waals surface area (Å²) in [5.74, 6) is 0. The normalized spacial score (nSPS) is 11.4. The Morgan fingerprint density at radius 2 is 1.05 bits per heavy atom. The molecule has 0 N–H and O–H groups in total. The summed E-state index contributed by atoms with van der Waals surface area (Å²) < 4.78 is 0. The molecule has 0 aliphatic carbocycles. The number of likely N-dealkylation sites (N-methyl/N-ethyl adjacent to an activating group) is 1.